The molecule has 110 valence electrons. The van der Waals surface area contributed by atoms with E-state index in [1.165, 1.54) is 12.1 Å². The number of aryl methyl sites for hydroxylation is 1. The molecule has 1 aromatic heterocycles. The van der Waals surface area contributed by atoms with Crippen molar-refractivity contribution in [3.05, 3.63) is 45.8 Å². The van der Waals surface area contributed by atoms with Crippen molar-refractivity contribution in [1.82, 2.24) is 0 Å². The Morgan fingerprint density at radius 2 is 2.10 bits per heavy atom. The average Bonchev–Trinajstić information content (AvgIpc) is 2.86. The smallest absolute Gasteiger partial charge is 0.271 e. The summed E-state index contributed by atoms with van der Waals surface area (Å²) in [5.41, 5.74) is 1.97. The molecule has 0 aliphatic heterocycles. The average molecular weight is 342 g/mol. The Labute approximate surface area is 132 Å². The van der Waals surface area contributed by atoms with Gasteiger partial charge in [0.25, 0.3) is 10.0 Å². The molecular weight excluding hydrogens is 330 g/mol. The normalized spacial score (nSPS) is 10.8. The van der Waals surface area contributed by atoms with Crippen LogP contribution in [0.2, 0.25) is 4.34 Å². The number of hydrogen-bond donors (Lipinski definition) is 2. The van der Waals surface area contributed by atoms with Crippen molar-refractivity contribution in [3.63, 3.8) is 0 Å². The van der Waals surface area contributed by atoms with Gasteiger partial charge in [-0.2, -0.15) is 0 Å². The molecule has 0 saturated heterocycles. The van der Waals surface area contributed by atoms with Crippen LogP contribution >= 0.6 is 22.9 Å². The van der Waals surface area contributed by atoms with Gasteiger partial charge in [0.15, 0.2) is 0 Å². The first kappa shape index (κ1) is 15.9. The molecule has 0 spiro atoms. The molecule has 0 aliphatic rings. The molecule has 2 N–H and O–H groups in total. The van der Waals surface area contributed by atoms with Gasteiger partial charge in [0.2, 0.25) is 0 Å². The number of thiophene rings is 1. The fourth-order valence-electron chi connectivity index (χ4n) is 1.60. The number of benzene rings is 1. The Morgan fingerprint density at radius 1 is 1.33 bits per heavy atom. The summed E-state index contributed by atoms with van der Waals surface area (Å²) in [6.07, 6.45) is 0. The number of anilines is 1. The van der Waals surface area contributed by atoms with Crippen molar-refractivity contribution >= 4 is 38.6 Å². The van der Waals surface area contributed by atoms with E-state index in [1.807, 2.05) is 6.92 Å². The number of halogens is 1. The van der Waals surface area contributed by atoms with Crippen molar-refractivity contribution in [2.24, 2.45) is 0 Å². The van der Waals surface area contributed by atoms with Gasteiger partial charge >= 0.3 is 0 Å². The van der Waals surface area contributed by atoms with Crippen LogP contribution in [-0.4, -0.2) is 20.1 Å². The highest BCUT2D eigenvalue weighted by molar-refractivity contribution is 7.94. The highest BCUT2D eigenvalue weighted by Crippen LogP contribution is 2.27. The molecule has 0 radical (unpaired) electrons. The Kier molecular flexibility index (Phi) is 4.91. The molecule has 0 aliphatic carbocycles. The summed E-state index contributed by atoms with van der Waals surface area (Å²) >= 11 is 6.75. The summed E-state index contributed by atoms with van der Waals surface area (Å²) in [5, 5.41) is 8.73. The second kappa shape index (κ2) is 6.50. The lowest BCUT2D eigenvalue weighted by Crippen LogP contribution is -2.11. The molecule has 21 heavy (non-hydrogen) atoms. The zero-order chi connectivity index (χ0) is 15.5. The lowest BCUT2D eigenvalue weighted by atomic mass is 10.1. The SMILES string of the molecule is Cc1ccc(NS(=O)(=O)c2ccc(Cl)s2)cc1C#CCO. The fraction of sp³-hybridized carbons (Fsp3) is 0.143. The Balaban J connectivity index is 2.31. The third-order valence-corrected chi connectivity index (χ3v) is 5.71. The Morgan fingerprint density at radius 3 is 2.71 bits per heavy atom. The van der Waals surface area contributed by atoms with E-state index >= 15 is 0 Å². The number of sulfonamides is 1. The number of hydrogen-bond acceptors (Lipinski definition) is 4. The highest BCUT2D eigenvalue weighted by Gasteiger charge is 2.16. The van der Waals surface area contributed by atoms with Crippen LogP contribution in [0.5, 0.6) is 0 Å². The van der Waals surface area contributed by atoms with Gasteiger partial charge in [-0.15, -0.1) is 11.3 Å². The van der Waals surface area contributed by atoms with Crippen molar-refractivity contribution in [1.29, 1.82) is 0 Å². The molecule has 1 aromatic carbocycles. The molecule has 7 heteroatoms. The van der Waals surface area contributed by atoms with Gasteiger partial charge in [-0.05, 0) is 36.8 Å². The zero-order valence-corrected chi connectivity index (χ0v) is 13.4. The standard InChI is InChI=1S/C14H12ClNO3S2/c1-10-4-5-12(9-11(10)3-2-8-17)16-21(18,19)14-7-6-13(15)20-14/h4-7,9,16-17H,8H2,1H3. The highest BCUT2D eigenvalue weighted by atomic mass is 35.5. The number of rotatable bonds is 3. The molecule has 0 atom stereocenters. The van der Waals surface area contributed by atoms with Crippen LogP contribution in [-0.2, 0) is 10.0 Å². The third-order valence-electron chi connectivity index (χ3n) is 2.61. The second-order valence-electron chi connectivity index (χ2n) is 4.15. The molecule has 2 rings (SSSR count). The minimum Gasteiger partial charge on any atom is -0.384 e. The van der Waals surface area contributed by atoms with Crippen LogP contribution in [0.15, 0.2) is 34.5 Å². The monoisotopic (exact) mass is 341 g/mol. The molecule has 0 saturated carbocycles. The summed E-state index contributed by atoms with van der Waals surface area (Å²) in [4.78, 5) is 0. The van der Waals surface area contributed by atoms with E-state index < -0.39 is 10.0 Å². The minimum absolute atomic E-state index is 0.149. The topological polar surface area (TPSA) is 66.4 Å². The van der Waals surface area contributed by atoms with Crippen LogP contribution in [0.3, 0.4) is 0 Å². The maximum Gasteiger partial charge on any atom is 0.271 e. The van der Waals surface area contributed by atoms with Gasteiger partial charge in [0.05, 0.1) is 10.0 Å². The van der Waals surface area contributed by atoms with E-state index in [-0.39, 0.29) is 10.8 Å². The molecule has 1 heterocycles. The van der Waals surface area contributed by atoms with Gasteiger partial charge in [-0.3, -0.25) is 4.72 Å². The molecular formula is C14H12ClNO3S2. The Bertz CT molecular complexity index is 816. The summed E-state index contributed by atoms with van der Waals surface area (Å²) in [5.74, 6) is 5.32. The van der Waals surface area contributed by atoms with E-state index in [9.17, 15) is 8.42 Å². The first-order chi connectivity index (χ1) is 9.92. The number of aliphatic hydroxyl groups excluding tert-OH is 1. The van der Waals surface area contributed by atoms with Gasteiger partial charge < -0.3 is 5.11 Å². The van der Waals surface area contributed by atoms with Crippen LogP contribution in [0.25, 0.3) is 0 Å². The summed E-state index contributed by atoms with van der Waals surface area (Å²) < 4.78 is 27.4. The first-order valence-corrected chi connectivity index (χ1v) is 8.58. The van der Waals surface area contributed by atoms with Crippen LogP contribution < -0.4 is 4.72 Å². The number of nitrogens with one attached hydrogen (secondary N) is 1. The lowest BCUT2D eigenvalue weighted by molar-refractivity contribution is 0.350. The van der Waals surface area contributed by atoms with Gasteiger partial charge in [-0.1, -0.05) is 29.5 Å². The molecule has 0 amide bonds. The maximum atomic E-state index is 12.2. The molecule has 0 fully saturated rings. The fourth-order valence-corrected chi connectivity index (χ4v) is 4.13. The summed E-state index contributed by atoms with van der Waals surface area (Å²) in [7, 11) is -3.66. The predicted octanol–water partition coefficient (Wildman–Crippen LogP) is 2.85. The second-order valence-corrected chi connectivity index (χ2v) is 7.78. The van der Waals surface area contributed by atoms with Gasteiger partial charge in [0.1, 0.15) is 10.8 Å². The summed E-state index contributed by atoms with van der Waals surface area (Å²) in [6.45, 7) is 1.61. The Hall–Kier alpha value is -1.52. The first-order valence-electron chi connectivity index (χ1n) is 5.91. The zero-order valence-electron chi connectivity index (χ0n) is 11.1. The van der Waals surface area contributed by atoms with Crippen molar-refractivity contribution in [2.75, 3.05) is 11.3 Å². The largest absolute Gasteiger partial charge is 0.384 e. The van der Waals surface area contributed by atoms with E-state index in [4.69, 9.17) is 16.7 Å². The van der Waals surface area contributed by atoms with Gasteiger partial charge in [0, 0.05) is 5.56 Å². The van der Waals surface area contributed by atoms with E-state index in [1.54, 1.807) is 18.2 Å². The molecule has 2 aromatic rings. The van der Waals surface area contributed by atoms with Crippen LogP contribution in [0.4, 0.5) is 5.69 Å². The van der Waals surface area contributed by atoms with Crippen molar-refractivity contribution in [2.45, 2.75) is 11.1 Å². The molecule has 0 unspecified atom stereocenters. The minimum atomic E-state index is -3.66. The van der Waals surface area contributed by atoms with Gasteiger partial charge in [-0.25, -0.2) is 8.42 Å². The lowest BCUT2D eigenvalue weighted by Gasteiger charge is -2.08. The van der Waals surface area contributed by atoms with Crippen molar-refractivity contribution in [3.8, 4) is 11.8 Å². The van der Waals surface area contributed by atoms with Crippen LogP contribution in [0, 0.1) is 18.8 Å². The molecule has 0 bridgehead atoms. The number of aliphatic hydroxyl groups is 1. The van der Waals surface area contributed by atoms with E-state index in [0.717, 1.165) is 16.9 Å². The third kappa shape index (κ3) is 3.99. The van der Waals surface area contributed by atoms with Crippen LogP contribution in [0.1, 0.15) is 11.1 Å². The van der Waals surface area contributed by atoms with Crippen molar-refractivity contribution < 1.29 is 13.5 Å². The van der Waals surface area contributed by atoms with E-state index in [2.05, 4.69) is 16.6 Å². The van der Waals surface area contributed by atoms with E-state index in [0.29, 0.717) is 15.6 Å². The predicted molar refractivity (Wildman–Crippen MR) is 85.3 cm³/mol. The molecule has 4 nitrogen and oxygen atoms in total. The summed E-state index contributed by atoms with van der Waals surface area (Å²) in [6, 6.07) is 8.04. The quantitative estimate of drug-likeness (QED) is 0.844. The maximum absolute atomic E-state index is 12.2.